The number of aromatic nitrogens is 2. The number of β-lactam (4-membered cyclic amide) rings is 1. The number of piperidine rings is 3. The van der Waals surface area contributed by atoms with E-state index in [-0.39, 0.29) is 41.9 Å². The van der Waals surface area contributed by atoms with Crippen LogP contribution >= 0.6 is 0 Å². The Kier molecular flexibility index (Phi) is 12.0. The second-order valence-corrected chi connectivity index (χ2v) is 19.7. The van der Waals surface area contributed by atoms with Gasteiger partial charge in [-0.3, -0.25) is 29.4 Å². The Balaban J connectivity index is 0.698. The summed E-state index contributed by atoms with van der Waals surface area (Å²) in [7, 11) is 1.64. The zero-order valence-corrected chi connectivity index (χ0v) is 38.9. The predicted molar refractivity (Wildman–Crippen MR) is 251 cm³/mol. The average molecular weight is 902 g/mol. The number of piperazine rings is 1. The minimum absolute atomic E-state index is 0.0381. The van der Waals surface area contributed by atoms with E-state index in [2.05, 4.69) is 36.0 Å². The van der Waals surface area contributed by atoms with Crippen molar-refractivity contribution in [3.05, 3.63) is 83.1 Å². The number of carbonyl (C=O) groups excluding carboxylic acids is 4. The van der Waals surface area contributed by atoms with Crippen molar-refractivity contribution in [3.8, 4) is 5.75 Å². The Labute approximate surface area is 387 Å². The Morgan fingerprint density at radius 1 is 0.818 bits per heavy atom. The summed E-state index contributed by atoms with van der Waals surface area (Å²) in [6.07, 6.45) is 9.94. The zero-order valence-electron chi connectivity index (χ0n) is 38.9. The standard InChI is InChI=1S/C51H64FN9O5/c1-5-51(6-2)46(61(50(51)65)41-8-7-17-59-33(3)29-53-47(41)59)39-27-40(52)43(28-44(39)66-4)58-20-15-35(16-21-58)31-56-24-22-55(23-25-56)30-34-13-18-57(19-14-34)37-9-10-38-36(26-37)32-60(49(38)64)42-11-12-45(62)54-48(42)63/h7-10,17,26-29,34-35,42,46H,5-6,11-16,18-25,30-32H2,1-4H3,(H,54,62,63)/t42-,46-/m0/s1. The number of pyridine rings is 1. The van der Waals surface area contributed by atoms with Crippen LogP contribution in [0.2, 0.25) is 0 Å². The van der Waals surface area contributed by atoms with Crippen LogP contribution < -0.4 is 24.8 Å². The maximum absolute atomic E-state index is 16.5. The molecular weight excluding hydrogens is 838 g/mol. The molecule has 0 unspecified atom stereocenters. The number of halogens is 1. The molecule has 0 bridgehead atoms. The number of hydrogen-bond donors (Lipinski definition) is 1. The summed E-state index contributed by atoms with van der Waals surface area (Å²) in [5.41, 5.74) is 5.76. The highest BCUT2D eigenvalue weighted by Gasteiger charge is 2.60. The molecule has 4 aromatic rings. The molecule has 14 nitrogen and oxygen atoms in total. The average Bonchev–Trinajstić information content (AvgIpc) is 3.88. The van der Waals surface area contributed by atoms with Crippen LogP contribution in [-0.4, -0.2) is 126 Å². The van der Waals surface area contributed by atoms with Crippen molar-refractivity contribution in [1.29, 1.82) is 0 Å². The molecule has 1 N–H and O–H groups in total. The van der Waals surface area contributed by atoms with Crippen LogP contribution in [0, 0.1) is 30.0 Å². The first kappa shape index (κ1) is 44.3. The van der Waals surface area contributed by atoms with Gasteiger partial charge in [0.05, 0.1) is 29.9 Å². The van der Waals surface area contributed by atoms with Gasteiger partial charge in [0, 0.05) is 119 Å². The molecule has 2 aromatic carbocycles. The molecule has 0 radical (unpaired) electrons. The van der Waals surface area contributed by atoms with Crippen molar-refractivity contribution in [2.75, 3.05) is 87.3 Å². The molecule has 5 fully saturated rings. The molecule has 15 heteroatoms. The molecule has 350 valence electrons. The number of imide groups is 1. The molecule has 6 aliphatic rings. The summed E-state index contributed by atoms with van der Waals surface area (Å²) in [4.78, 5) is 69.4. The molecule has 2 aromatic heterocycles. The number of fused-ring (bicyclic) bond motifs is 2. The SMILES string of the molecule is CCC1(CC)C(=O)N(c2cccn3c(C)cnc23)[C@H]1c1cc(F)c(N2CCC(CN3CCN(CC4CCN(c5ccc6c(c5)CN([C@H]5CCC(=O)NC5=O)C6=O)CC4)CC3)CC2)cc1OC. The summed E-state index contributed by atoms with van der Waals surface area (Å²) < 4.78 is 24.5. The van der Waals surface area contributed by atoms with Gasteiger partial charge in [0.2, 0.25) is 17.7 Å². The normalized spacial score (nSPS) is 23.5. The number of nitrogens with one attached hydrogen (secondary N) is 1. The quantitative estimate of drug-likeness (QED) is 0.130. The largest absolute Gasteiger partial charge is 0.496 e. The first-order valence-electron chi connectivity index (χ1n) is 24.4. The van der Waals surface area contributed by atoms with Crippen LogP contribution in [0.1, 0.15) is 98.4 Å². The third-order valence-corrected chi connectivity index (χ3v) is 16.2. The summed E-state index contributed by atoms with van der Waals surface area (Å²) in [5.74, 6) is 0.809. The number of hydrogen-bond acceptors (Lipinski definition) is 10. The maximum Gasteiger partial charge on any atom is 0.255 e. The van der Waals surface area contributed by atoms with E-state index >= 15 is 4.39 Å². The monoisotopic (exact) mass is 902 g/mol. The number of rotatable bonds is 12. The highest BCUT2D eigenvalue weighted by molar-refractivity contribution is 6.09. The summed E-state index contributed by atoms with van der Waals surface area (Å²) in [6.45, 7) is 16.5. The Morgan fingerprint density at radius 2 is 1.48 bits per heavy atom. The van der Waals surface area contributed by atoms with Crippen LogP contribution in [0.15, 0.2) is 54.9 Å². The molecular formula is C51H64FN9O5. The summed E-state index contributed by atoms with van der Waals surface area (Å²) in [6, 6.07) is 12.4. The highest BCUT2D eigenvalue weighted by Crippen LogP contribution is 2.58. The van der Waals surface area contributed by atoms with Gasteiger partial charge < -0.3 is 33.6 Å². The summed E-state index contributed by atoms with van der Waals surface area (Å²) >= 11 is 0. The highest BCUT2D eigenvalue weighted by atomic mass is 19.1. The number of aryl methyl sites for hydroxylation is 1. The predicted octanol–water partition coefficient (Wildman–Crippen LogP) is 6.20. The van der Waals surface area contributed by atoms with Gasteiger partial charge in [-0.15, -0.1) is 0 Å². The number of methoxy groups -OCH3 is 1. The lowest BCUT2D eigenvalue weighted by Gasteiger charge is -2.56. The van der Waals surface area contributed by atoms with Crippen LogP contribution in [0.4, 0.5) is 21.5 Å². The third-order valence-electron chi connectivity index (χ3n) is 16.2. The molecule has 66 heavy (non-hydrogen) atoms. The van der Waals surface area contributed by atoms with E-state index < -0.39 is 11.5 Å². The van der Waals surface area contributed by atoms with E-state index in [9.17, 15) is 19.2 Å². The number of benzene rings is 2. The second kappa shape index (κ2) is 17.9. The van der Waals surface area contributed by atoms with Crippen molar-refractivity contribution in [2.24, 2.45) is 17.3 Å². The van der Waals surface area contributed by atoms with Gasteiger partial charge in [-0.1, -0.05) is 13.8 Å². The van der Waals surface area contributed by atoms with Crippen LogP contribution in [0.25, 0.3) is 5.65 Å². The van der Waals surface area contributed by atoms with Crippen molar-refractivity contribution in [2.45, 2.75) is 90.8 Å². The van der Waals surface area contributed by atoms with E-state index in [0.29, 0.717) is 65.9 Å². The minimum atomic E-state index is -0.666. The molecule has 0 spiro atoms. The lowest BCUT2D eigenvalue weighted by atomic mass is 9.64. The van der Waals surface area contributed by atoms with E-state index in [1.165, 1.54) is 0 Å². The van der Waals surface area contributed by atoms with Gasteiger partial charge in [0.1, 0.15) is 17.6 Å². The van der Waals surface area contributed by atoms with E-state index in [1.54, 1.807) is 18.1 Å². The van der Waals surface area contributed by atoms with Gasteiger partial charge in [-0.05, 0) is 106 Å². The van der Waals surface area contributed by atoms with E-state index in [4.69, 9.17) is 4.74 Å². The van der Waals surface area contributed by atoms with Gasteiger partial charge in [0.15, 0.2) is 5.65 Å². The van der Waals surface area contributed by atoms with E-state index in [0.717, 1.165) is 114 Å². The molecule has 0 aliphatic carbocycles. The topological polar surface area (TPSA) is 126 Å². The van der Waals surface area contributed by atoms with Crippen LogP contribution in [0.3, 0.4) is 0 Å². The molecule has 10 rings (SSSR count). The number of nitrogens with zero attached hydrogens (tertiary/aromatic N) is 8. The Hall–Kier alpha value is -5.54. The smallest absolute Gasteiger partial charge is 0.255 e. The number of imidazole rings is 1. The third kappa shape index (κ3) is 7.78. The van der Waals surface area contributed by atoms with Crippen molar-refractivity contribution >= 4 is 46.3 Å². The fraction of sp³-hybridized carbons (Fsp3) is 0.549. The second-order valence-electron chi connectivity index (χ2n) is 19.7. The molecule has 8 heterocycles. The first-order valence-corrected chi connectivity index (χ1v) is 24.4. The van der Waals surface area contributed by atoms with Gasteiger partial charge in [-0.2, -0.15) is 0 Å². The number of anilines is 3. The fourth-order valence-electron chi connectivity index (χ4n) is 12.1. The van der Waals surface area contributed by atoms with Crippen LogP contribution in [0.5, 0.6) is 5.75 Å². The number of carbonyl (C=O) groups is 4. The number of amides is 4. The Bertz CT molecular complexity index is 2520. The van der Waals surface area contributed by atoms with Gasteiger partial charge >= 0.3 is 0 Å². The van der Waals surface area contributed by atoms with Crippen LogP contribution in [-0.2, 0) is 20.9 Å². The molecule has 2 atom stereocenters. The van der Waals surface area contributed by atoms with Gasteiger partial charge in [0.25, 0.3) is 5.91 Å². The Morgan fingerprint density at radius 3 is 2.12 bits per heavy atom. The maximum atomic E-state index is 16.5. The molecule has 6 aliphatic heterocycles. The lowest BCUT2D eigenvalue weighted by Crippen LogP contribution is -2.63. The fourth-order valence-corrected chi connectivity index (χ4v) is 12.1. The summed E-state index contributed by atoms with van der Waals surface area (Å²) in [5, 5.41) is 2.39. The van der Waals surface area contributed by atoms with E-state index in [1.807, 2.05) is 72.8 Å². The van der Waals surface area contributed by atoms with Crippen molar-refractivity contribution in [3.63, 3.8) is 0 Å². The molecule has 5 saturated heterocycles. The first-order chi connectivity index (χ1) is 32.0. The number of ether oxygens (including phenoxy) is 1. The molecule has 0 saturated carbocycles. The van der Waals surface area contributed by atoms with Crippen molar-refractivity contribution in [1.82, 2.24) is 29.4 Å². The minimum Gasteiger partial charge on any atom is -0.496 e. The van der Waals surface area contributed by atoms with Gasteiger partial charge in [-0.25, -0.2) is 9.37 Å². The van der Waals surface area contributed by atoms with Crippen molar-refractivity contribution < 1.29 is 28.3 Å². The lowest BCUT2D eigenvalue weighted by molar-refractivity contribution is -0.141. The molecule has 4 amide bonds. The zero-order chi connectivity index (χ0) is 45.9.